The number of rotatable bonds is 1. The van der Waals surface area contributed by atoms with Crippen molar-refractivity contribution in [3.8, 4) is 0 Å². The van der Waals surface area contributed by atoms with E-state index in [0.29, 0.717) is 5.84 Å². The monoisotopic (exact) mass is 238 g/mol. The molecule has 2 rings (SSSR count). The molecule has 1 heterocycles. The van der Waals surface area contributed by atoms with Crippen molar-refractivity contribution in [1.29, 1.82) is 10.8 Å². The smallest absolute Gasteiger partial charge is 0.171 e. The second kappa shape index (κ2) is 4.78. The zero-order valence-corrected chi connectivity index (χ0v) is 9.80. The van der Waals surface area contributed by atoms with E-state index in [-0.39, 0.29) is 16.6 Å². The van der Waals surface area contributed by atoms with E-state index in [1.54, 1.807) is 6.20 Å². The molecular formula is C11H15ClN4. The molecule has 0 bridgehead atoms. The molecule has 0 atom stereocenters. The third kappa shape index (κ3) is 2.16. The van der Waals surface area contributed by atoms with Gasteiger partial charge in [-0.05, 0) is 12.8 Å². The van der Waals surface area contributed by atoms with Gasteiger partial charge in [0, 0.05) is 18.3 Å². The van der Waals surface area contributed by atoms with Crippen LogP contribution in [0.4, 0.5) is 0 Å². The Morgan fingerprint density at radius 3 is 2.75 bits per heavy atom. The topological polar surface area (TPSA) is 65.5 Å². The van der Waals surface area contributed by atoms with Gasteiger partial charge in [0.05, 0.1) is 0 Å². The SMILES string of the molecule is N=C(C1CCCCC1)n1ccnc(Cl)c1=N. The number of halogens is 1. The summed E-state index contributed by atoms with van der Waals surface area (Å²) >= 11 is 5.78. The number of nitrogens with zero attached hydrogens (tertiary/aromatic N) is 2. The van der Waals surface area contributed by atoms with Crippen molar-refractivity contribution in [2.24, 2.45) is 5.92 Å². The first-order chi connectivity index (χ1) is 7.70. The normalized spacial score (nSPS) is 17.3. The van der Waals surface area contributed by atoms with Crippen molar-refractivity contribution in [3.05, 3.63) is 23.0 Å². The van der Waals surface area contributed by atoms with Crippen LogP contribution >= 0.6 is 11.6 Å². The van der Waals surface area contributed by atoms with Gasteiger partial charge in [0.2, 0.25) is 0 Å². The minimum atomic E-state index is 0.111. The molecule has 1 aliphatic rings. The van der Waals surface area contributed by atoms with E-state index in [2.05, 4.69) is 4.98 Å². The van der Waals surface area contributed by atoms with Crippen molar-refractivity contribution in [1.82, 2.24) is 9.55 Å². The average molecular weight is 239 g/mol. The van der Waals surface area contributed by atoms with Crippen molar-refractivity contribution in [2.75, 3.05) is 0 Å². The fraction of sp³-hybridized carbons (Fsp3) is 0.545. The van der Waals surface area contributed by atoms with E-state index >= 15 is 0 Å². The first kappa shape index (κ1) is 11.3. The Balaban J connectivity index is 2.26. The molecule has 16 heavy (non-hydrogen) atoms. The lowest BCUT2D eigenvalue weighted by Crippen LogP contribution is -2.33. The first-order valence-electron chi connectivity index (χ1n) is 5.56. The molecule has 0 amide bonds. The summed E-state index contributed by atoms with van der Waals surface area (Å²) in [7, 11) is 0. The maximum atomic E-state index is 8.12. The lowest BCUT2D eigenvalue weighted by molar-refractivity contribution is 0.430. The quantitative estimate of drug-likeness (QED) is 0.573. The Kier molecular flexibility index (Phi) is 3.39. The van der Waals surface area contributed by atoms with Crippen molar-refractivity contribution >= 4 is 17.4 Å². The summed E-state index contributed by atoms with van der Waals surface area (Å²) in [6.07, 6.45) is 8.90. The number of aromatic nitrogens is 2. The van der Waals surface area contributed by atoms with Gasteiger partial charge >= 0.3 is 0 Å². The van der Waals surface area contributed by atoms with Gasteiger partial charge < -0.3 is 0 Å². The molecular weight excluding hydrogens is 224 g/mol. The van der Waals surface area contributed by atoms with E-state index in [1.807, 2.05) is 0 Å². The molecule has 1 saturated carbocycles. The molecule has 4 nitrogen and oxygen atoms in total. The second-order valence-corrected chi connectivity index (χ2v) is 4.51. The lowest BCUT2D eigenvalue weighted by Gasteiger charge is -2.23. The summed E-state index contributed by atoms with van der Waals surface area (Å²) in [4.78, 5) is 3.83. The third-order valence-electron chi connectivity index (χ3n) is 3.09. The van der Waals surface area contributed by atoms with Gasteiger partial charge in [-0.15, -0.1) is 0 Å². The Labute approximate surface area is 99.3 Å². The summed E-state index contributed by atoms with van der Waals surface area (Å²) in [6.45, 7) is 0. The maximum Gasteiger partial charge on any atom is 0.171 e. The van der Waals surface area contributed by atoms with Gasteiger partial charge in [-0.3, -0.25) is 15.4 Å². The van der Waals surface area contributed by atoms with Gasteiger partial charge in [0.25, 0.3) is 0 Å². The Morgan fingerprint density at radius 1 is 1.38 bits per heavy atom. The number of hydrogen-bond donors (Lipinski definition) is 2. The van der Waals surface area contributed by atoms with Crippen LogP contribution in [0, 0.1) is 16.7 Å². The zero-order chi connectivity index (χ0) is 11.5. The second-order valence-electron chi connectivity index (χ2n) is 4.16. The van der Waals surface area contributed by atoms with Crippen molar-refractivity contribution in [3.63, 3.8) is 0 Å². The molecule has 0 aromatic carbocycles. The predicted octanol–water partition coefficient (Wildman–Crippen LogP) is 2.42. The predicted molar refractivity (Wildman–Crippen MR) is 62.8 cm³/mol. The largest absolute Gasteiger partial charge is 0.288 e. The highest BCUT2D eigenvalue weighted by molar-refractivity contribution is 6.29. The van der Waals surface area contributed by atoms with Crippen LogP contribution in [0.2, 0.25) is 5.15 Å². The molecule has 0 unspecified atom stereocenters. The van der Waals surface area contributed by atoms with E-state index in [9.17, 15) is 0 Å². The minimum Gasteiger partial charge on any atom is -0.288 e. The van der Waals surface area contributed by atoms with Gasteiger partial charge in [-0.1, -0.05) is 30.9 Å². The van der Waals surface area contributed by atoms with Crippen LogP contribution in [0.3, 0.4) is 0 Å². The van der Waals surface area contributed by atoms with Crippen molar-refractivity contribution < 1.29 is 0 Å². The highest BCUT2D eigenvalue weighted by atomic mass is 35.5. The molecule has 1 aromatic rings. The molecule has 0 radical (unpaired) electrons. The van der Waals surface area contributed by atoms with Crippen LogP contribution < -0.4 is 5.49 Å². The molecule has 86 valence electrons. The molecule has 5 heteroatoms. The lowest BCUT2D eigenvalue weighted by atomic mass is 9.88. The molecule has 0 aliphatic heterocycles. The van der Waals surface area contributed by atoms with Crippen molar-refractivity contribution in [2.45, 2.75) is 32.1 Å². The molecule has 1 aliphatic carbocycles. The molecule has 1 fully saturated rings. The molecule has 2 N–H and O–H groups in total. The Morgan fingerprint density at radius 2 is 2.06 bits per heavy atom. The maximum absolute atomic E-state index is 8.12. The van der Waals surface area contributed by atoms with E-state index < -0.39 is 0 Å². The molecule has 1 aromatic heterocycles. The van der Waals surface area contributed by atoms with Crippen LogP contribution in [0.25, 0.3) is 0 Å². The summed E-state index contributed by atoms with van der Waals surface area (Å²) in [6, 6.07) is 0. The summed E-state index contributed by atoms with van der Waals surface area (Å²) in [5, 5.41) is 16.0. The highest BCUT2D eigenvalue weighted by Gasteiger charge is 2.19. The summed E-state index contributed by atoms with van der Waals surface area (Å²) in [5.41, 5.74) is 0.111. The first-order valence-corrected chi connectivity index (χ1v) is 5.94. The van der Waals surface area contributed by atoms with Gasteiger partial charge in [-0.25, -0.2) is 4.98 Å². The standard InChI is InChI=1S/C11H15ClN4/c12-9-11(14)16(7-6-15-9)10(13)8-4-2-1-3-5-8/h6-8,13-14H,1-5H2. The van der Waals surface area contributed by atoms with Crippen LogP contribution in [0.1, 0.15) is 32.1 Å². The summed E-state index contributed by atoms with van der Waals surface area (Å²) in [5.74, 6) is 0.746. The fourth-order valence-corrected chi connectivity index (χ4v) is 2.32. The fourth-order valence-electron chi connectivity index (χ4n) is 2.17. The zero-order valence-electron chi connectivity index (χ0n) is 9.04. The Bertz CT molecular complexity index is 446. The number of nitrogens with one attached hydrogen (secondary N) is 2. The minimum absolute atomic E-state index is 0.111. The summed E-state index contributed by atoms with van der Waals surface area (Å²) < 4.78 is 1.53. The third-order valence-corrected chi connectivity index (χ3v) is 3.37. The Hall–Kier alpha value is -1.16. The van der Waals surface area contributed by atoms with E-state index in [1.165, 1.54) is 30.0 Å². The van der Waals surface area contributed by atoms with E-state index in [4.69, 9.17) is 22.4 Å². The van der Waals surface area contributed by atoms with Crippen LogP contribution in [-0.4, -0.2) is 15.4 Å². The molecule has 0 saturated heterocycles. The van der Waals surface area contributed by atoms with Gasteiger partial charge in [-0.2, -0.15) is 0 Å². The van der Waals surface area contributed by atoms with Crippen LogP contribution in [-0.2, 0) is 0 Å². The van der Waals surface area contributed by atoms with Gasteiger partial charge in [0.15, 0.2) is 10.6 Å². The highest BCUT2D eigenvalue weighted by Crippen LogP contribution is 2.24. The van der Waals surface area contributed by atoms with Crippen LogP contribution in [0.15, 0.2) is 12.4 Å². The van der Waals surface area contributed by atoms with Crippen LogP contribution in [0.5, 0.6) is 0 Å². The van der Waals surface area contributed by atoms with Gasteiger partial charge in [0.1, 0.15) is 5.84 Å². The average Bonchev–Trinajstić information content (AvgIpc) is 2.33. The van der Waals surface area contributed by atoms with E-state index in [0.717, 1.165) is 12.8 Å². The molecule has 0 spiro atoms. The number of hydrogen-bond acceptors (Lipinski definition) is 3.